The molecule has 0 rings (SSSR count). The molecule has 4 heteroatoms. The fraction of sp³-hybridized carbons (Fsp3) is 0.900. The van der Waals surface area contributed by atoms with Gasteiger partial charge in [-0.3, -0.25) is 4.79 Å². The van der Waals surface area contributed by atoms with Crippen molar-refractivity contribution in [2.45, 2.75) is 37.6 Å². The van der Waals surface area contributed by atoms with E-state index in [0.717, 1.165) is 13.0 Å². The van der Waals surface area contributed by atoms with Crippen LogP contribution in [-0.2, 0) is 4.79 Å². The average Bonchev–Trinajstić information content (AvgIpc) is 1.99. The van der Waals surface area contributed by atoms with E-state index in [0.29, 0.717) is 0 Å². The number of alkyl halides is 1. The Morgan fingerprint density at radius 3 is 2.36 bits per heavy atom. The lowest BCUT2D eigenvalue weighted by molar-refractivity contribution is -0.123. The van der Waals surface area contributed by atoms with Crippen LogP contribution in [0.5, 0.6) is 0 Å². The molecule has 0 aromatic rings. The molecule has 1 N–H and O–H groups in total. The third-order valence-electron chi connectivity index (χ3n) is 1.93. The van der Waals surface area contributed by atoms with Crippen LogP contribution in [0.4, 0.5) is 0 Å². The summed E-state index contributed by atoms with van der Waals surface area (Å²) >= 11 is 3.33. The first-order valence-electron chi connectivity index (χ1n) is 4.88. The van der Waals surface area contributed by atoms with Gasteiger partial charge in [0.25, 0.3) is 0 Å². The second-order valence-corrected chi connectivity index (χ2v) is 6.42. The molecule has 0 aliphatic carbocycles. The molecule has 0 aromatic heterocycles. The summed E-state index contributed by atoms with van der Waals surface area (Å²) in [7, 11) is 4.06. The number of hydrogen-bond acceptors (Lipinski definition) is 2. The van der Waals surface area contributed by atoms with Gasteiger partial charge in [-0.25, -0.2) is 0 Å². The highest BCUT2D eigenvalue weighted by Crippen LogP contribution is 2.15. The van der Waals surface area contributed by atoms with Crippen LogP contribution in [0.2, 0.25) is 0 Å². The van der Waals surface area contributed by atoms with Gasteiger partial charge in [-0.1, -0.05) is 15.9 Å². The summed E-state index contributed by atoms with van der Waals surface area (Å²) in [6, 6.07) is 0.224. The monoisotopic (exact) mass is 264 g/mol. The van der Waals surface area contributed by atoms with Gasteiger partial charge in [0.05, 0.1) is 4.32 Å². The summed E-state index contributed by atoms with van der Waals surface area (Å²) in [5, 5.41) is 2.96. The van der Waals surface area contributed by atoms with Gasteiger partial charge in [0.2, 0.25) is 5.91 Å². The molecule has 0 aliphatic heterocycles. The number of rotatable bonds is 5. The number of hydrogen-bond donors (Lipinski definition) is 1. The zero-order chi connectivity index (χ0) is 11.4. The number of carbonyl (C=O) groups excluding carboxylic acids is 1. The number of nitrogens with zero attached hydrogens (tertiary/aromatic N) is 1. The topological polar surface area (TPSA) is 32.3 Å². The molecular weight excluding hydrogens is 244 g/mol. The smallest absolute Gasteiger partial charge is 0.236 e. The SMILES string of the molecule is CC(CCN(C)C)NC(=O)C(C)(C)Br. The molecule has 1 amide bonds. The fourth-order valence-corrected chi connectivity index (χ4v) is 1.03. The van der Waals surface area contributed by atoms with Crippen molar-refractivity contribution in [1.82, 2.24) is 10.2 Å². The maximum atomic E-state index is 11.5. The highest BCUT2D eigenvalue weighted by molar-refractivity contribution is 9.10. The van der Waals surface area contributed by atoms with Gasteiger partial charge >= 0.3 is 0 Å². The second kappa shape index (κ2) is 5.71. The number of nitrogens with one attached hydrogen (secondary N) is 1. The van der Waals surface area contributed by atoms with Crippen molar-refractivity contribution in [3.05, 3.63) is 0 Å². The Bertz CT molecular complexity index is 187. The minimum absolute atomic E-state index is 0.0451. The van der Waals surface area contributed by atoms with Crippen LogP contribution < -0.4 is 5.32 Å². The standard InChI is InChI=1S/C10H21BrN2O/c1-8(6-7-13(4)5)12-9(14)10(2,3)11/h8H,6-7H2,1-5H3,(H,12,14). The summed E-state index contributed by atoms with van der Waals surface area (Å²) in [5.41, 5.74) is 0. The van der Waals surface area contributed by atoms with E-state index in [1.54, 1.807) is 0 Å². The van der Waals surface area contributed by atoms with Gasteiger partial charge in [0.15, 0.2) is 0 Å². The average molecular weight is 265 g/mol. The van der Waals surface area contributed by atoms with Crippen molar-refractivity contribution in [3.63, 3.8) is 0 Å². The van der Waals surface area contributed by atoms with Crippen molar-refractivity contribution in [2.75, 3.05) is 20.6 Å². The van der Waals surface area contributed by atoms with Gasteiger partial charge in [-0.05, 0) is 47.8 Å². The van der Waals surface area contributed by atoms with Crippen molar-refractivity contribution < 1.29 is 4.79 Å². The summed E-state index contributed by atoms with van der Waals surface area (Å²) in [4.78, 5) is 13.7. The first-order valence-corrected chi connectivity index (χ1v) is 5.67. The summed E-state index contributed by atoms with van der Waals surface area (Å²) in [5.74, 6) is 0.0451. The van der Waals surface area contributed by atoms with E-state index in [2.05, 4.69) is 26.1 Å². The first-order chi connectivity index (χ1) is 6.23. The van der Waals surface area contributed by atoms with E-state index >= 15 is 0 Å². The number of halogens is 1. The summed E-state index contributed by atoms with van der Waals surface area (Å²) < 4.78 is -0.473. The normalized spacial score (nSPS) is 14.2. The van der Waals surface area contributed by atoms with Crippen LogP contribution in [0, 0.1) is 0 Å². The van der Waals surface area contributed by atoms with E-state index in [-0.39, 0.29) is 11.9 Å². The Hall–Kier alpha value is -0.0900. The third-order valence-corrected chi connectivity index (χ3v) is 2.29. The van der Waals surface area contributed by atoms with Crippen LogP contribution in [0.1, 0.15) is 27.2 Å². The zero-order valence-corrected chi connectivity index (χ0v) is 11.3. The van der Waals surface area contributed by atoms with E-state index in [1.165, 1.54) is 0 Å². The van der Waals surface area contributed by atoms with E-state index in [1.807, 2.05) is 34.9 Å². The Labute approximate surface area is 95.4 Å². The Morgan fingerprint density at radius 2 is 2.00 bits per heavy atom. The van der Waals surface area contributed by atoms with Gasteiger partial charge in [0, 0.05) is 6.04 Å². The van der Waals surface area contributed by atoms with Gasteiger partial charge in [-0.15, -0.1) is 0 Å². The molecule has 1 unspecified atom stereocenters. The second-order valence-electron chi connectivity index (χ2n) is 4.44. The largest absolute Gasteiger partial charge is 0.352 e. The summed E-state index contributed by atoms with van der Waals surface area (Å²) in [6.07, 6.45) is 0.974. The number of amides is 1. The van der Waals surface area contributed by atoms with Crippen molar-refractivity contribution in [3.8, 4) is 0 Å². The molecule has 0 heterocycles. The molecule has 0 saturated heterocycles. The lowest BCUT2D eigenvalue weighted by Crippen LogP contribution is -2.43. The van der Waals surface area contributed by atoms with E-state index in [9.17, 15) is 4.79 Å². The molecule has 84 valence electrons. The first kappa shape index (κ1) is 13.9. The molecule has 3 nitrogen and oxygen atoms in total. The third kappa shape index (κ3) is 6.38. The Morgan fingerprint density at radius 1 is 1.50 bits per heavy atom. The minimum atomic E-state index is -0.473. The van der Waals surface area contributed by atoms with Crippen molar-refractivity contribution in [2.24, 2.45) is 0 Å². The van der Waals surface area contributed by atoms with Gasteiger partial charge in [0.1, 0.15) is 0 Å². The maximum Gasteiger partial charge on any atom is 0.236 e. The van der Waals surface area contributed by atoms with E-state index in [4.69, 9.17) is 0 Å². The lowest BCUT2D eigenvalue weighted by Gasteiger charge is -2.21. The Kier molecular flexibility index (Phi) is 5.67. The molecular formula is C10H21BrN2O. The van der Waals surface area contributed by atoms with Crippen LogP contribution in [0.25, 0.3) is 0 Å². The van der Waals surface area contributed by atoms with Crippen molar-refractivity contribution in [1.29, 1.82) is 0 Å². The van der Waals surface area contributed by atoms with Gasteiger partial charge < -0.3 is 10.2 Å². The van der Waals surface area contributed by atoms with E-state index < -0.39 is 4.32 Å². The molecule has 0 radical (unpaired) electrons. The fourth-order valence-electron chi connectivity index (χ4n) is 0.919. The Balaban J connectivity index is 3.83. The molecule has 0 bridgehead atoms. The molecule has 0 saturated carbocycles. The van der Waals surface area contributed by atoms with Gasteiger partial charge in [-0.2, -0.15) is 0 Å². The molecule has 0 fully saturated rings. The molecule has 14 heavy (non-hydrogen) atoms. The van der Waals surface area contributed by atoms with Crippen LogP contribution in [0.3, 0.4) is 0 Å². The highest BCUT2D eigenvalue weighted by Gasteiger charge is 2.24. The molecule has 0 spiro atoms. The minimum Gasteiger partial charge on any atom is -0.352 e. The predicted octanol–water partition coefficient (Wildman–Crippen LogP) is 1.62. The number of carbonyl (C=O) groups is 1. The molecule has 0 aliphatic rings. The van der Waals surface area contributed by atoms with Crippen LogP contribution in [-0.4, -0.2) is 41.8 Å². The zero-order valence-electron chi connectivity index (χ0n) is 9.72. The maximum absolute atomic E-state index is 11.5. The highest BCUT2D eigenvalue weighted by atomic mass is 79.9. The predicted molar refractivity (Wildman–Crippen MR) is 63.8 cm³/mol. The molecule has 0 aromatic carbocycles. The molecule has 1 atom stereocenters. The lowest BCUT2D eigenvalue weighted by atomic mass is 10.1. The van der Waals surface area contributed by atoms with Crippen molar-refractivity contribution >= 4 is 21.8 Å². The summed E-state index contributed by atoms with van der Waals surface area (Å²) in [6.45, 7) is 6.71. The van der Waals surface area contributed by atoms with Crippen LogP contribution in [0.15, 0.2) is 0 Å². The quantitative estimate of drug-likeness (QED) is 0.766. The van der Waals surface area contributed by atoms with Crippen LogP contribution >= 0.6 is 15.9 Å².